The molecule has 9 heteroatoms. The molecule has 0 aliphatic rings. The lowest BCUT2D eigenvalue weighted by Gasteiger charge is -2.14. The molecule has 0 spiro atoms. The maximum atomic E-state index is 12.6. The molecule has 5 nitrogen and oxygen atoms in total. The number of benzene rings is 1. The van der Waals surface area contributed by atoms with Crippen LogP contribution in [0.25, 0.3) is 11.3 Å². The van der Waals surface area contributed by atoms with Gasteiger partial charge in [-0.15, -0.1) is 0 Å². The highest BCUT2D eigenvalue weighted by Gasteiger charge is 2.29. The molecule has 0 bridgehead atoms. The lowest BCUT2D eigenvalue weighted by Crippen LogP contribution is -2.13. The number of thioether (sulfide) groups is 1. The van der Waals surface area contributed by atoms with Crippen molar-refractivity contribution >= 4 is 29.2 Å². The predicted molar refractivity (Wildman–Crippen MR) is 106 cm³/mol. The minimum atomic E-state index is -4.34. The zero-order chi connectivity index (χ0) is 20.1. The van der Waals surface area contributed by atoms with Crippen LogP contribution in [0, 0.1) is 0 Å². The maximum absolute atomic E-state index is 12.6. The fourth-order valence-corrected chi connectivity index (χ4v) is 3.02. The Labute approximate surface area is 164 Å². The highest BCUT2D eigenvalue weighted by molar-refractivity contribution is 8.00. The molecule has 0 amide bonds. The van der Waals surface area contributed by atoms with Crippen molar-refractivity contribution in [2.75, 3.05) is 10.6 Å². The van der Waals surface area contributed by atoms with Crippen molar-refractivity contribution in [1.82, 2.24) is 15.0 Å². The fraction of sp³-hybridized carbons (Fsp3) is 0.211. The SMILES string of the molecule is CC(C)Nc1nc(Nc2cccc(SC(F)(F)F)c2)cc(-c2ccncc2)n1. The van der Waals surface area contributed by atoms with E-state index in [4.69, 9.17) is 0 Å². The summed E-state index contributed by atoms with van der Waals surface area (Å²) in [7, 11) is 0. The van der Waals surface area contributed by atoms with E-state index in [2.05, 4.69) is 25.6 Å². The van der Waals surface area contributed by atoms with E-state index in [1.54, 1.807) is 30.6 Å². The van der Waals surface area contributed by atoms with Crippen LogP contribution in [-0.2, 0) is 0 Å². The van der Waals surface area contributed by atoms with E-state index in [1.165, 1.54) is 12.1 Å². The summed E-state index contributed by atoms with van der Waals surface area (Å²) in [5.74, 6) is 0.895. The third kappa shape index (κ3) is 5.85. The molecule has 2 aromatic heterocycles. The van der Waals surface area contributed by atoms with Crippen molar-refractivity contribution < 1.29 is 13.2 Å². The van der Waals surface area contributed by atoms with Crippen LogP contribution in [-0.4, -0.2) is 26.5 Å². The van der Waals surface area contributed by atoms with Gasteiger partial charge in [-0.2, -0.15) is 18.2 Å². The number of anilines is 3. The average molecular weight is 405 g/mol. The van der Waals surface area contributed by atoms with Gasteiger partial charge in [-0.05, 0) is 55.9 Å². The van der Waals surface area contributed by atoms with Crippen LogP contribution in [0.15, 0.2) is 59.8 Å². The number of rotatable bonds is 6. The molecule has 0 saturated heterocycles. The highest BCUT2D eigenvalue weighted by atomic mass is 32.2. The Bertz CT molecular complexity index is 932. The lowest BCUT2D eigenvalue weighted by molar-refractivity contribution is -0.0328. The quantitative estimate of drug-likeness (QED) is 0.512. The molecule has 1 aromatic carbocycles. The van der Waals surface area contributed by atoms with Crippen LogP contribution in [0.1, 0.15) is 13.8 Å². The van der Waals surface area contributed by atoms with Gasteiger partial charge in [0.05, 0.1) is 5.69 Å². The van der Waals surface area contributed by atoms with Crippen molar-refractivity contribution in [2.24, 2.45) is 0 Å². The fourth-order valence-electron chi connectivity index (χ4n) is 2.42. The van der Waals surface area contributed by atoms with Gasteiger partial charge in [0, 0.05) is 40.6 Å². The number of hydrogen-bond donors (Lipinski definition) is 2. The first kappa shape index (κ1) is 19.9. The smallest absolute Gasteiger partial charge is 0.352 e. The molecule has 146 valence electrons. The summed E-state index contributed by atoms with van der Waals surface area (Å²) >= 11 is -0.155. The normalized spacial score (nSPS) is 11.5. The number of alkyl halides is 3. The topological polar surface area (TPSA) is 62.7 Å². The van der Waals surface area contributed by atoms with E-state index >= 15 is 0 Å². The van der Waals surface area contributed by atoms with E-state index in [0.29, 0.717) is 23.1 Å². The van der Waals surface area contributed by atoms with Gasteiger partial charge in [-0.25, -0.2) is 4.98 Å². The van der Waals surface area contributed by atoms with Crippen molar-refractivity contribution in [3.63, 3.8) is 0 Å². The molecular formula is C19H18F3N5S. The number of aromatic nitrogens is 3. The Morgan fingerprint density at radius 3 is 2.43 bits per heavy atom. The number of nitrogens with zero attached hydrogens (tertiary/aromatic N) is 3. The molecule has 0 unspecified atom stereocenters. The minimum absolute atomic E-state index is 0.0986. The van der Waals surface area contributed by atoms with Gasteiger partial charge in [-0.3, -0.25) is 4.98 Å². The Morgan fingerprint density at radius 2 is 1.75 bits per heavy atom. The second kappa shape index (κ2) is 8.47. The second-order valence-electron chi connectivity index (χ2n) is 6.20. The first-order chi connectivity index (χ1) is 13.3. The number of nitrogens with one attached hydrogen (secondary N) is 2. The second-order valence-corrected chi connectivity index (χ2v) is 7.34. The van der Waals surface area contributed by atoms with E-state index < -0.39 is 5.51 Å². The van der Waals surface area contributed by atoms with E-state index in [9.17, 15) is 13.2 Å². The molecule has 0 aliphatic heterocycles. The zero-order valence-electron chi connectivity index (χ0n) is 15.2. The van der Waals surface area contributed by atoms with Crippen LogP contribution in [0.2, 0.25) is 0 Å². The summed E-state index contributed by atoms with van der Waals surface area (Å²) in [6.07, 6.45) is 3.33. The Morgan fingerprint density at radius 1 is 1.00 bits per heavy atom. The minimum Gasteiger partial charge on any atom is -0.352 e. The van der Waals surface area contributed by atoms with Gasteiger partial charge in [0.1, 0.15) is 5.82 Å². The van der Waals surface area contributed by atoms with Crippen LogP contribution < -0.4 is 10.6 Å². The van der Waals surface area contributed by atoms with Crippen molar-refractivity contribution in [3.05, 3.63) is 54.9 Å². The van der Waals surface area contributed by atoms with Crippen LogP contribution in [0.3, 0.4) is 0 Å². The molecule has 0 fully saturated rings. The van der Waals surface area contributed by atoms with Crippen molar-refractivity contribution in [2.45, 2.75) is 30.3 Å². The van der Waals surface area contributed by atoms with Gasteiger partial charge in [0.25, 0.3) is 0 Å². The first-order valence-electron chi connectivity index (χ1n) is 8.47. The summed E-state index contributed by atoms with van der Waals surface area (Å²) in [6, 6.07) is 11.6. The summed E-state index contributed by atoms with van der Waals surface area (Å²) in [6.45, 7) is 3.93. The molecule has 0 saturated carbocycles. The maximum Gasteiger partial charge on any atom is 0.446 e. The van der Waals surface area contributed by atoms with E-state index in [-0.39, 0.29) is 22.7 Å². The highest BCUT2D eigenvalue weighted by Crippen LogP contribution is 2.37. The van der Waals surface area contributed by atoms with Gasteiger partial charge in [0.2, 0.25) is 5.95 Å². The first-order valence-corrected chi connectivity index (χ1v) is 9.29. The summed E-state index contributed by atoms with van der Waals surface area (Å²) < 4.78 is 37.9. The number of hydrogen-bond acceptors (Lipinski definition) is 6. The summed E-state index contributed by atoms with van der Waals surface area (Å²) in [4.78, 5) is 13.0. The Kier molecular flexibility index (Phi) is 6.03. The van der Waals surface area contributed by atoms with Crippen molar-refractivity contribution in [3.8, 4) is 11.3 Å². The number of pyridine rings is 1. The lowest BCUT2D eigenvalue weighted by atomic mass is 10.2. The monoisotopic (exact) mass is 405 g/mol. The predicted octanol–water partition coefficient (Wildman–Crippen LogP) is 5.71. The van der Waals surface area contributed by atoms with Crippen LogP contribution in [0.4, 0.5) is 30.6 Å². The molecule has 3 rings (SSSR count). The molecule has 2 heterocycles. The van der Waals surface area contributed by atoms with Gasteiger partial charge >= 0.3 is 5.51 Å². The van der Waals surface area contributed by atoms with Crippen LogP contribution in [0.5, 0.6) is 0 Å². The Balaban J connectivity index is 1.92. The summed E-state index contributed by atoms with van der Waals surface area (Å²) in [5.41, 5.74) is -2.31. The standard InChI is InChI=1S/C19H18F3N5S/c1-12(2)24-18-26-16(13-6-8-23-9-7-13)11-17(27-18)25-14-4-3-5-15(10-14)28-19(20,21)22/h3-12H,1-2H3,(H2,24,25,26,27). The number of halogens is 3. The van der Waals surface area contributed by atoms with Gasteiger partial charge in [-0.1, -0.05) is 6.07 Å². The summed E-state index contributed by atoms with van der Waals surface area (Å²) in [5, 5.41) is 6.22. The molecule has 28 heavy (non-hydrogen) atoms. The third-order valence-electron chi connectivity index (χ3n) is 3.46. The molecule has 0 radical (unpaired) electrons. The third-order valence-corrected chi connectivity index (χ3v) is 4.18. The molecule has 2 N–H and O–H groups in total. The zero-order valence-corrected chi connectivity index (χ0v) is 16.0. The molecule has 0 atom stereocenters. The molecule has 0 aliphatic carbocycles. The van der Waals surface area contributed by atoms with Gasteiger partial charge in [0.15, 0.2) is 0 Å². The molecular weight excluding hydrogens is 387 g/mol. The van der Waals surface area contributed by atoms with E-state index in [1.807, 2.05) is 26.0 Å². The van der Waals surface area contributed by atoms with Crippen LogP contribution >= 0.6 is 11.8 Å². The average Bonchev–Trinajstić information content (AvgIpc) is 2.60. The van der Waals surface area contributed by atoms with Crippen molar-refractivity contribution in [1.29, 1.82) is 0 Å². The van der Waals surface area contributed by atoms with E-state index in [0.717, 1.165) is 5.56 Å². The Hall–Kier alpha value is -2.81. The van der Waals surface area contributed by atoms with Gasteiger partial charge < -0.3 is 10.6 Å². The largest absolute Gasteiger partial charge is 0.446 e. The molecule has 3 aromatic rings.